The fourth-order valence-corrected chi connectivity index (χ4v) is 1.17. The van der Waals surface area contributed by atoms with Crippen LogP contribution in [0.1, 0.15) is 10.4 Å². The molecule has 0 atom stereocenters. The Kier molecular flexibility index (Phi) is 3.55. The summed E-state index contributed by atoms with van der Waals surface area (Å²) in [4.78, 5) is 32.4. The van der Waals surface area contributed by atoms with Crippen molar-refractivity contribution < 1.29 is 19.6 Å². The van der Waals surface area contributed by atoms with Crippen molar-refractivity contribution in [3.8, 4) is 0 Å². The molecule has 9 nitrogen and oxygen atoms in total. The summed E-state index contributed by atoms with van der Waals surface area (Å²) in [5, 5.41) is 18.3. The van der Waals surface area contributed by atoms with Crippen LogP contribution < -0.4 is 5.12 Å². The number of hydrogen-bond donors (Lipinski definition) is 0. The lowest BCUT2D eigenvalue weighted by Crippen LogP contribution is -2.36. The van der Waals surface area contributed by atoms with Crippen molar-refractivity contribution in [3.63, 3.8) is 0 Å². The molecule has 0 aliphatic heterocycles. The van der Waals surface area contributed by atoms with Gasteiger partial charge < -0.3 is 4.74 Å². The SMILES string of the molecule is COC(=O)c1ccccc1N([N+](=O)[O-])[N+](=O)[O-]. The van der Waals surface area contributed by atoms with E-state index in [2.05, 4.69) is 4.74 Å². The number of ether oxygens (including phenoxy) is 1. The van der Waals surface area contributed by atoms with Gasteiger partial charge in [-0.3, -0.25) is 0 Å². The lowest BCUT2D eigenvalue weighted by Gasteiger charge is -2.07. The highest BCUT2D eigenvalue weighted by atomic mass is 16.8. The van der Waals surface area contributed by atoms with Gasteiger partial charge in [0.1, 0.15) is 0 Å². The standard InChI is InChI=1S/C8H7N3O6/c1-17-8(12)6-4-2-3-5-7(6)9(10(13)14)11(15)16/h2-5H,1H3. The Morgan fingerprint density at radius 2 is 1.76 bits per heavy atom. The van der Waals surface area contributed by atoms with Crippen molar-refractivity contribution in [2.24, 2.45) is 0 Å². The zero-order chi connectivity index (χ0) is 13.0. The molecule has 0 aliphatic carbocycles. The number of benzene rings is 1. The average molecular weight is 241 g/mol. The van der Waals surface area contributed by atoms with Crippen LogP contribution in [0, 0.1) is 20.2 Å². The summed E-state index contributed by atoms with van der Waals surface area (Å²) < 4.78 is 4.38. The lowest BCUT2D eigenvalue weighted by molar-refractivity contribution is -0.711. The number of carbonyl (C=O) groups is 1. The van der Waals surface area contributed by atoms with Gasteiger partial charge >= 0.3 is 5.97 Å². The molecule has 90 valence electrons. The van der Waals surface area contributed by atoms with Gasteiger partial charge in [0.2, 0.25) is 15.2 Å². The molecule has 9 heteroatoms. The maximum absolute atomic E-state index is 11.3. The monoisotopic (exact) mass is 241 g/mol. The molecule has 0 N–H and O–H groups in total. The molecule has 1 aromatic carbocycles. The van der Waals surface area contributed by atoms with Crippen LogP contribution in [0.4, 0.5) is 5.69 Å². The van der Waals surface area contributed by atoms with E-state index in [1.165, 1.54) is 18.2 Å². The van der Waals surface area contributed by atoms with E-state index < -0.39 is 21.7 Å². The number of nitro groups is 2. The molecule has 17 heavy (non-hydrogen) atoms. The van der Waals surface area contributed by atoms with Gasteiger partial charge in [0, 0.05) is 0 Å². The normalized spacial score (nSPS) is 9.47. The molecule has 0 unspecified atom stereocenters. The van der Waals surface area contributed by atoms with Gasteiger partial charge in [0.15, 0.2) is 5.69 Å². The summed E-state index contributed by atoms with van der Waals surface area (Å²) >= 11 is 0. The molecular formula is C8H7N3O6. The summed E-state index contributed by atoms with van der Waals surface area (Å²) in [5.41, 5.74) is -0.724. The second kappa shape index (κ2) is 4.88. The summed E-state index contributed by atoms with van der Waals surface area (Å²) in [7, 11) is 1.07. The molecule has 0 aliphatic rings. The van der Waals surface area contributed by atoms with Gasteiger partial charge in [-0.05, 0) is 12.1 Å². The molecule has 0 saturated carbocycles. The third-order valence-electron chi connectivity index (χ3n) is 1.83. The van der Waals surface area contributed by atoms with Crippen molar-refractivity contribution in [1.82, 2.24) is 0 Å². The first-order valence-electron chi connectivity index (χ1n) is 4.25. The Balaban J connectivity index is 3.33. The number of anilines is 1. The Labute approximate surface area is 94.4 Å². The maximum Gasteiger partial charge on any atom is 0.340 e. The number of hydrazine groups is 2. The maximum atomic E-state index is 11.3. The van der Waals surface area contributed by atoms with E-state index in [9.17, 15) is 25.0 Å². The van der Waals surface area contributed by atoms with Crippen LogP contribution in [0.5, 0.6) is 0 Å². The molecule has 0 saturated heterocycles. The summed E-state index contributed by atoms with van der Waals surface area (Å²) in [6.45, 7) is 0. The quantitative estimate of drug-likeness (QED) is 0.431. The third kappa shape index (κ3) is 2.45. The zero-order valence-corrected chi connectivity index (χ0v) is 8.60. The van der Waals surface area contributed by atoms with E-state index in [1.807, 2.05) is 0 Å². The number of esters is 1. The summed E-state index contributed by atoms with van der Waals surface area (Å²) in [6, 6.07) is 5.02. The number of rotatable bonds is 4. The minimum absolute atomic E-state index is 0.261. The van der Waals surface area contributed by atoms with Crippen molar-refractivity contribution in [2.75, 3.05) is 12.2 Å². The number of methoxy groups -OCH3 is 1. The van der Waals surface area contributed by atoms with Crippen molar-refractivity contribution in [3.05, 3.63) is 50.1 Å². The molecule has 0 fully saturated rings. The number of nitrogens with zero attached hydrogens (tertiary/aromatic N) is 3. The van der Waals surface area contributed by atoms with Gasteiger partial charge in [0.05, 0.1) is 12.7 Å². The number of hydrogen-bond acceptors (Lipinski definition) is 6. The van der Waals surface area contributed by atoms with Crippen LogP contribution in [0.3, 0.4) is 0 Å². The van der Waals surface area contributed by atoms with Gasteiger partial charge in [0.25, 0.3) is 0 Å². The predicted molar refractivity (Wildman–Crippen MR) is 54.2 cm³/mol. The molecule has 1 rings (SSSR count). The fourth-order valence-electron chi connectivity index (χ4n) is 1.17. The Morgan fingerprint density at radius 1 is 1.24 bits per heavy atom. The minimum atomic E-state index is -1.23. The van der Waals surface area contributed by atoms with E-state index in [1.54, 1.807) is 0 Å². The van der Waals surface area contributed by atoms with E-state index in [-0.39, 0.29) is 10.7 Å². The average Bonchev–Trinajstić information content (AvgIpc) is 2.28. The first-order valence-corrected chi connectivity index (χ1v) is 4.25. The minimum Gasteiger partial charge on any atom is -0.465 e. The van der Waals surface area contributed by atoms with Crippen molar-refractivity contribution in [2.45, 2.75) is 0 Å². The molecule has 0 bridgehead atoms. The second-order valence-corrected chi connectivity index (χ2v) is 2.77. The predicted octanol–water partition coefficient (Wildman–Crippen LogP) is 0.663. The molecular weight excluding hydrogens is 234 g/mol. The molecule has 0 aromatic heterocycles. The Hall–Kier alpha value is -2.71. The number of para-hydroxylation sites is 1. The summed E-state index contributed by atoms with van der Waals surface area (Å²) in [5.74, 6) is -0.894. The van der Waals surface area contributed by atoms with E-state index in [4.69, 9.17) is 0 Å². The largest absolute Gasteiger partial charge is 0.465 e. The van der Waals surface area contributed by atoms with E-state index in [0.717, 1.165) is 13.2 Å². The molecule has 0 spiro atoms. The topological polar surface area (TPSA) is 116 Å². The van der Waals surface area contributed by atoms with Crippen LogP contribution in [0.15, 0.2) is 24.3 Å². The van der Waals surface area contributed by atoms with E-state index >= 15 is 0 Å². The van der Waals surface area contributed by atoms with Crippen LogP contribution >= 0.6 is 0 Å². The molecule has 0 heterocycles. The zero-order valence-electron chi connectivity index (χ0n) is 8.60. The first-order chi connectivity index (χ1) is 7.99. The highest BCUT2D eigenvalue weighted by Crippen LogP contribution is 2.21. The Bertz CT molecular complexity index is 460. The van der Waals surface area contributed by atoms with Crippen LogP contribution in [0.25, 0.3) is 0 Å². The van der Waals surface area contributed by atoms with Crippen molar-refractivity contribution >= 4 is 11.7 Å². The van der Waals surface area contributed by atoms with Gasteiger partial charge in [-0.1, -0.05) is 12.1 Å². The van der Waals surface area contributed by atoms with Crippen LogP contribution in [-0.4, -0.2) is 23.1 Å². The second-order valence-electron chi connectivity index (χ2n) is 2.77. The molecule has 1 aromatic rings. The highest BCUT2D eigenvalue weighted by molar-refractivity contribution is 5.95. The smallest absolute Gasteiger partial charge is 0.340 e. The van der Waals surface area contributed by atoms with Gasteiger partial charge in [-0.25, -0.2) is 25.0 Å². The highest BCUT2D eigenvalue weighted by Gasteiger charge is 2.34. The first kappa shape index (κ1) is 12.4. The van der Waals surface area contributed by atoms with Gasteiger partial charge in [-0.2, -0.15) is 0 Å². The lowest BCUT2D eigenvalue weighted by atomic mass is 10.2. The Morgan fingerprint density at radius 3 is 2.24 bits per heavy atom. The number of carbonyl (C=O) groups excluding carboxylic acids is 1. The van der Waals surface area contributed by atoms with Crippen LogP contribution in [0.2, 0.25) is 0 Å². The third-order valence-corrected chi connectivity index (χ3v) is 1.83. The fraction of sp³-hybridized carbons (Fsp3) is 0.125. The molecule has 0 radical (unpaired) electrons. The summed E-state index contributed by atoms with van der Waals surface area (Å²) in [6.07, 6.45) is 0. The van der Waals surface area contributed by atoms with Crippen molar-refractivity contribution in [1.29, 1.82) is 0 Å². The van der Waals surface area contributed by atoms with Crippen LogP contribution in [-0.2, 0) is 4.74 Å². The van der Waals surface area contributed by atoms with Gasteiger partial charge in [-0.15, -0.1) is 0 Å². The van der Waals surface area contributed by atoms with E-state index in [0.29, 0.717) is 0 Å². The molecule has 0 amide bonds.